The maximum absolute atomic E-state index is 12.3. The smallest absolute Gasteiger partial charge is 0.260 e. The molecule has 0 unspecified atom stereocenters. The molecule has 2 rings (SSSR count). The van der Waals surface area contributed by atoms with E-state index in [0.717, 1.165) is 11.3 Å². The van der Waals surface area contributed by atoms with Crippen LogP contribution >= 0.6 is 0 Å². The van der Waals surface area contributed by atoms with Gasteiger partial charge in [-0.2, -0.15) is 0 Å². The van der Waals surface area contributed by atoms with Crippen LogP contribution in [0, 0.1) is 6.92 Å². The van der Waals surface area contributed by atoms with Gasteiger partial charge in [-0.15, -0.1) is 0 Å². The van der Waals surface area contributed by atoms with Gasteiger partial charge in [0, 0.05) is 30.8 Å². The number of hydrogen-bond acceptors (Lipinski definition) is 3. The van der Waals surface area contributed by atoms with Crippen LogP contribution in [-0.2, 0) is 0 Å². The number of pyridine rings is 1. The maximum atomic E-state index is 12.3. The molecule has 0 radical (unpaired) electrons. The Bertz CT molecular complexity index is 567. The zero-order valence-electron chi connectivity index (χ0n) is 10.4. The normalized spacial score (nSPS) is 10.1. The molecule has 4 nitrogen and oxygen atoms in total. The number of carbonyl (C=O) groups excluding carboxylic acids is 1. The van der Waals surface area contributed by atoms with Gasteiger partial charge in [-0.3, -0.25) is 9.78 Å². The van der Waals surface area contributed by atoms with Crippen LogP contribution in [0.4, 0.5) is 11.4 Å². The number of nitrogens with two attached hydrogens (primary N) is 1. The molecule has 0 saturated carbocycles. The fraction of sp³-hybridized carbons (Fsp3) is 0.143. The molecular weight excluding hydrogens is 226 g/mol. The van der Waals surface area contributed by atoms with E-state index in [9.17, 15) is 4.79 Å². The molecule has 2 aromatic rings. The van der Waals surface area contributed by atoms with Crippen LogP contribution in [0.2, 0.25) is 0 Å². The van der Waals surface area contributed by atoms with Crippen LogP contribution in [0.25, 0.3) is 0 Å². The lowest BCUT2D eigenvalue weighted by atomic mass is 10.1. The fourth-order valence-electron chi connectivity index (χ4n) is 1.73. The summed E-state index contributed by atoms with van der Waals surface area (Å²) in [5.41, 5.74) is 8.69. The van der Waals surface area contributed by atoms with Crippen molar-refractivity contribution in [1.82, 2.24) is 4.98 Å². The number of hydrogen-bond donors (Lipinski definition) is 1. The van der Waals surface area contributed by atoms with Gasteiger partial charge in [-0.25, -0.2) is 0 Å². The number of para-hydroxylation sites is 1. The number of carbonyl (C=O) groups is 1. The second-order valence-corrected chi connectivity index (χ2v) is 4.11. The minimum absolute atomic E-state index is 0.123. The first-order valence-electron chi connectivity index (χ1n) is 5.64. The first kappa shape index (κ1) is 12.1. The monoisotopic (exact) mass is 241 g/mol. The minimum Gasteiger partial charge on any atom is -0.398 e. The number of nitrogen functional groups attached to an aromatic ring is 1. The van der Waals surface area contributed by atoms with Crippen molar-refractivity contribution in [3.05, 3.63) is 53.9 Å². The number of amides is 1. The Labute approximate surface area is 106 Å². The predicted octanol–water partition coefficient (Wildman–Crippen LogP) is 2.25. The average Bonchev–Trinajstić information content (AvgIpc) is 2.41. The van der Waals surface area contributed by atoms with E-state index >= 15 is 0 Å². The summed E-state index contributed by atoms with van der Waals surface area (Å²) < 4.78 is 0. The summed E-state index contributed by atoms with van der Waals surface area (Å²) in [6.07, 6.45) is 3.30. The van der Waals surface area contributed by atoms with Crippen molar-refractivity contribution in [3.8, 4) is 0 Å². The number of anilines is 2. The summed E-state index contributed by atoms with van der Waals surface area (Å²) in [4.78, 5) is 17.8. The summed E-state index contributed by atoms with van der Waals surface area (Å²) in [5, 5.41) is 0. The molecule has 0 saturated heterocycles. The van der Waals surface area contributed by atoms with Crippen molar-refractivity contribution in [2.75, 3.05) is 17.7 Å². The van der Waals surface area contributed by atoms with Crippen LogP contribution < -0.4 is 10.6 Å². The second-order valence-electron chi connectivity index (χ2n) is 4.11. The van der Waals surface area contributed by atoms with Crippen molar-refractivity contribution in [2.24, 2.45) is 0 Å². The summed E-state index contributed by atoms with van der Waals surface area (Å²) in [6.45, 7) is 1.89. The molecule has 0 bridgehead atoms. The van der Waals surface area contributed by atoms with Gasteiger partial charge < -0.3 is 10.6 Å². The maximum Gasteiger partial charge on any atom is 0.260 e. The summed E-state index contributed by atoms with van der Waals surface area (Å²) in [7, 11) is 1.72. The molecule has 0 spiro atoms. The second kappa shape index (κ2) is 4.87. The van der Waals surface area contributed by atoms with Gasteiger partial charge >= 0.3 is 0 Å². The van der Waals surface area contributed by atoms with Gasteiger partial charge in [0.05, 0.1) is 5.56 Å². The number of rotatable bonds is 2. The average molecular weight is 241 g/mol. The van der Waals surface area contributed by atoms with Gasteiger partial charge in [-0.05, 0) is 30.7 Å². The van der Waals surface area contributed by atoms with Crippen molar-refractivity contribution >= 4 is 17.3 Å². The third kappa shape index (κ3) is 2.18. The van der Waals surface area contributed by atoms with Gasteiger partial charge in [0.15, 0.2) is 0 Å². The Kier molecular flexibility index (Phi) is 3.28. The lowest BCUT2D eigenvalue weighted by Crippen LogP contribution is -2.27. The third-order valence-corrected chi connectivity index (χ3v) is 2.91. The van der Waals surface area contributed by atoms with Crippen LogP contribution in [0.5, 0.6) is 0 Å². The molecular formula is C14H15N3O. The Morgan fingerprint density at radius 2 is 1.89 bits per heavy atom. The largest absolute Gasteiger partial charge is 0.398 e. The Balaban J connectivity index is 2.35. The van der Waals surface area contributed by atoms with Crippen LogP contribution in [-0.4, -0.2) is 17.9 Å². The first-order chi connectivity index (χ1) is 8.61. The van der Waals surface area contributed by atoms with Crippen molar-refractivity contribution in [3.63, 3.8) is 0 Å². The van der Waals surface area contributed by atoms with E-state index in [1.807, 2.05) is 19.1 Å². The standard InChI is InChI=1S/C14H15N3O/c1-10-4-3-5-12(13(10)15)14(18)17(2)11-6-8-16-9-7-11/h3-9H,15H2,1-2H3. The molecule has 1 aromatic carbocycles. The number of benzene rings is 1. The van der Waals surface area contributed by atoms with Crippen LogP contribution in [0.3, 0.4) is 0 Å². The number of aromatic nitrogens is 1. The van der Waals surface area contributed by atoms with Crippen LogP contribution in [0.15, 0.2) is 42.7 Å². The molecule has 2 N–H and O–H groups in total. The van der Waals surface area contributed by atoms with E-state index in [-0.39, 0.29) is 5.91 Å². The highest BCUT2D eigenvalue weighted by atomic mass is 16.2. The lowest BCUT2D eigenvalue weighted by Gasteiger charge is -2.18. The predicted molar refractivity (Wildman–Crippen MR) is 72.6 cm³/mol. The van der Waals surface area contributed by atoms with Gasteiger partial charge in [0.1, 0.15) is 0 Å². The molecule has 0 fully saturated rings. The molecule has 18 heavy (non-hydrogen) atoms. The number of nitrogens with zero attached hydrogens (tertiary/aromatic N) is 2. The number of aryl methyl sites for hydroxylation is 1. The molecule has 0 aliphatic carbocycles. The van der Waals surface area contributed by atoms with Gasteiger partial charge in [-0.1, -0.05) is 12.1 Å². The van der Waals surface area contributed by atoms with E-state index < -0.39 is 0 Å². The molecule has 1 heterocycles. The zero-order valence-corrected chi connectivity index (χ0v) is 10.4. The highest BCUT2D eigenvalue weighted by Crippen LogP contribution is 2.20. The van der Waals surface area contributed by atoms with E-state index in [1.165, 1.54) is 0 Å². The van der Waals surface area contributed by atoms with Crippen molar-refractivity contribution in [2.45, 2.75) is 6.92 Å². The van der Waals surface area contributed by atoms with Gasteiger partial charge in [0.2, 0.25) is 0 Å². The highest BCUT2D eigenvalue weighted by molar-refractivity contribution is 6.09. The molecule has 1 amide bonds. The van der Waals surface area contributed by atoms with E-state index in [1.54, 1.807) is 42.5 Å². The summed E-state index contributed by atoms with van der Waals surface area (Å²) in [5.74, 6) is -0.123. The Hall–Kier alpha value is -2.36. The molecule has 0 aliphatic heterocycles. The van der Waals surface area contributed by atoms with Crippen molar-refractivity contribution in [1.29, 1.82) is 0 Å². The van der Waals surface area contributed by atoms with Gasteiger partial charge in [0.25, 0.3) is 5.91 Å². The summed E-state index contributed by atoms with van der Waals surface area (Å²) >= 11 is 0. The Morgan fingerprint density at radius 1 is 1.22 bits per heavy atom. The lowest BCUT2D eigenvalue weighted by molar-refractivity contribution is 0.0994. The topological polar surface area (TPSA) is 59.2 Å². The minimum atomic E-state index is -0.123. The third-order valence-electron chi connectivity index (χ3n) is 2.91. The zero-order chi connectivity index (χ0) is 13.1. The molecule has 0 aliphatic rings. The SMILES string of the molecule is Cc1cccc(C(=O)N(C)c2ccncc2)c1N. The molecule has 4 heteroatoms. The molecule has 92 valence electrons. The van der Waals surface area contributed by atoms with E-state index in [4.69, 9.17) is 5.73 Å². The molecule has 0 atom stereocenters. The summed E-state index contributed by atoms with van der Waals surface area (Å²) in [6, 6.07) is 9.02. The highest BCUT2D eigenvalue weighted by Gasteiger charge is 2.16. The van der Waals surface area contributed by atoms with E-state index in [2.05, 4.69) is 4.98 Å². The quantitative estimate of drug-likeness (QED) is 0.820. The Morgan fingerprint density at radius 3 is 2.56 bits per heavy atom. The van der Waals surface area contributed by atoms with E-state index in [0.29, 0.717) is 11.3 Å². The molecule has 1 aromatic heterocycles. The fourth-order valence-corrected chi connectivity index (χ4v) is 1.73. The van der Waals surface area contributed by atoms with Crippen LogP contribution in [0.1, 0.15) is 15.9 Å². The first-order valence-corrected chi connectivity index (χ1v) is 5.64. The van der Waals surface area contributed by atoms with Crippen molar-refractivity contribution < 1.29 is 4.79 Å².